The van der Waals surface area contributed by atoms with Gasteiger partial charge in [-0.2, -0.15) is 0 Å². The van der Waals surface area contributed by atoms with E-state index in [0.717, 1.165) is 24.3 Å². The average Bonchev–Trinajstić information content (AvgIpc) is 2.82. The SMILES string of the molecule is COc1ccccc1CNC(=O)C1CCNC1C. The Hall–Kier alpha value is -1.55. The molecule has 98 valence electrons. The Balaban J connectivity index is 1.93. The highest BCUT2D eigenvalue weighted by molar-refractivity contribution is 5.79. The molecular weight excluding hydrogens is 228 g/mol. The number of carbonyl (C=O) groups is 1. The lowest BCUT2D eigenvalue weighted by molar-refractivity contribution is -0.125. The summed E-state index contributed by atoms with van der Waals surface area (Å²) in [6, 6.07) is 8.01. The molecule has 1 aromatic carbocycles. The Morgan fingerprint density at radius 2 is 2.28 bits per heavy atom. The van der Waals surface area contributed by atoms with Gasteiger partial charge in [-0.05, 0) is 26.0 Å². The topological polar surface area (TPSA) is 50.4 Å². The van der Waals surface area contributed by atoms with E-state index in [1.54, 1.807) is 7.11 Å². The molecule has 2 unspecified atom stereocenters. The van der Waals surface area contributed by atoms with E-state index in [4.69, 9.17) is 4.74 Å². The average molecular weight is 248 g/mol. The first kappa shape index (κ1) is 12.9. The molecule has 1 saturated heterocycles. The van der Waals surface area contributed by atoms with Crippen LogP contribution in [0.15, 0.2) is 24.3 Å². The minimum Gasteiger partial charge on any atom is -0.496 e. The molecule has 0 saturated carbocycles. The largest absolute Gasteiger partial charge is 0.496 e. The van der Waals surface area contributed by atoms with Crippen molar-refractivity contribution in [1.82, 2.24) is 10.6 Å². The number of methoxy groups -OCH3 is 1. The van der Waals surface area contributed by atoms with Gasteiger partial charge in [-0.25, -0.2) is 0 Å². The summed E-state index contributed by atoms with van der Waals surface area (Å²) in [5, 5.41) is 6.27. The van der Waals surface area contributed by atoms with Crippen molar-refractivity contribution < 1.29 is 9.53 Å². The molecule has 2 N–H and O–H groups in total. The van der Waals surface area contributed by atoms with Gasteiger partial charge < -0.3 is 15.4 Å². The van der Waals surface area contributed by atoms with Crippen molar-refractivity contribution in [3.05, 3.63) is 29.8 Å². The van der Waals surface area contributed by atoms with Crippen molar-refractivity contribution in [3.8, 4) is 5.75 Å². The smallest absolute Gasteiger partial charge is 0.224 e. The van der Waals surface area contributed by atoms with Crippen molar-refractivity contribution in [3.63, 3.8) is 0 Å². The van der Waals surface area contributed by atoms with Crippen LogP contribution in [0.3, 0.4) is 0 Å². The first-order chi connectivity index (χ1) is 8.72. The summed E-state index contributed by atoms with van der Waals surface area (Å²) < 4.78 is 5.26. The van der Waals surface area contributed by atoms with Gasteiger partial charge in [-0.1, -0.05) is 18.2 Å². The van der Waals surface area contributed by atoms with Gasteiger partial charge in [0.2, 0.25) is 5.91 Å². The Labute approximate surface area is 108 Å². The summed E-state index contributed by atoms with van der Waals surface area (Å²) in [7, 11) is 1.64. The maximum Gasteiger partial charge on any atom is 0.224 e. The second kappa shape index (κ2) is 5.87. The van der Waals surface area contributed by atoms with E-state index in [0.29, 0.717) is 6.54 Å². The first-order valence-electron chi connectivity index (χ1n) is 6.35. The van der Waals surface area contributed by atoms with Crippen LogP contribution in [0.5, 0.6) is 5.75 Å². The Kier molecular flexibility index (Phi) is 4.20. The highest BCUT2D eigenvalue weighted by atomic mass is 16.5. The van der Waals surface area contributed by atoms with Crippen molar-refractivity contribution in [2.75, 3.05) is 13.7 Å². The molecule has 1 aliphatic heterocycles. The molecule has 0 spiro atoms. The number of benzene rings is 1. The van der Waals surface area contributed by atoms with E-state index in [1.165, 1.54) is 0 Å². The van der Waals surface area contributed by atoms with Crippen LogP contribution in [0.1, 0.15) is 18.9 Å². The van der Waals surface area contributed by atoms with Crippen molar-refractivity contribution >= 4 is 5.91 Å². The summed E-state index contributed by atoms with van der Waals surface area (Å²) in [5.74, 6) is 1.02. The van der Waals surface area contributed by atoms with E-state index in [2.05, 4.69) is 17.6 Å². The third-order valence-corrected chi connectivity index (χ3v) is 3.51. The van der Waals surface area contributed by atoms with Gasteiger partial charge in [0.25, 0.3) is 0 Å². The number of hydrogen-bond donors (Lipinski definition) is 2. The molecule has 2 rings (SSSR count). The maximum absolute atomic E-state index is 12.0. The highest BCUT2D eigenvalue weighted by Crippen LogP contribution is 2.18. The first-order valence-corrected chi connectivity index (χ1v) is 6.35. The van der Waals surface area contributed by atoms with Gasteiger partial charge in [0.05, 0.1) is 13.0 Å². The second-order valence-electron chi connectivity index (χ2n) is 4.67. The molecule has 1 fully saturated rings. The number of amides is 1. The van der Waals surface area contributed by atoms with Crippen LogP contribution in [-0.4, -0.2) is 25.6 Å². The van der Waals surface area contributed by atoms with E-state index < -0.39 is 0 Å². The molecule has 0 aromatic heterocycles. The minimum atomic E-state index is 0.0831. The van der Waals surface area contributed by atoms with Crippen LogP contribution in [0.2, 0.25) is 0 Å². The van der Waals surface area contributed by atoms with Gasteiger partial charge in [0.1, 0.15) is 5.75 Å². The standard InChI is InChI=1S/C14H20N2O2/c1-10-12(7-8-15-10)14(17)16-9-11-5-3-4-6-13(11)18-2/h3-6,10,12,15H,7-9H2,1-2H3,(H,16,17). The number of rotatable bonds is 4. The lowest BCUT2D eigenvalue weighted by atomic mass is 10.0. The predicted octanol–water partition coefficient (Wildman–Crippen LogP) is 1.31. The van der Waals surface area contributed by atoms with E-state index in [1.807, 2.05) is 24.3 Å². The molecule has 1 aromatic rings. The fraction of sp³-hybridized carbons (Fsp3) is 0.500. The number of ether oxygens (including phenoxy) is 1. The normalized spacial score (nSPS) is 22.8. The Bertz CT molecular complexity index is 420. The molecule has 2 atom stereocenters. The minimum absolute atomic E-state index is 0.0831. The van der Waals surface area contributed by atoms with Crippen LogP contribution in [0.4, 0.5) is 0 Å². The summed E-state index contributed by atoms with van der Waals surface area (Å²) in [6.07, 6.45) is 0.916. The molecule has 0 bridgehead atoms. The third-order valence-electron chi connectivity index (χ3n) is 3.51. The van der Waals surface area contributed by atoms with E-state index in [-0.39, 0.29) is 17.9 Å². The molecule has 0 radical (unpaired) electrons. The molecule has 18 heavy (non-hydrogen) atoms. The van der Waals surface area contributed by atoms with Crippen LogP contribution >= 0.6 is 0 Å². The zero-order chi connectivity index (χ0) is 13.0. The van der Waals surface area contributed by atoms with Gasteiger partial charge in [0, 0.05) is 18.2 Å². The number of para-hydroxylation sites is 1. The maximum atomic E-state index is 12.0. The fourth-order valence-electron chi connectivity index (χ4n) is 2.38. The second-order valence-corrected chi connectivity index (χ2v) is 4.67. The number of nitrogens with one attached hydrogen (secondary N) is 2. The molecule has 1 aliphatic rings. The lowest BCUT2D eigenvalue weighted by Gasteiger charge is -2.15. The molecule has 1 heterocycles. The van der Waals surface area contributed by atoms with Crippen LogP contribution in [0.25, 0.3) is 0 Å². The van der Waals surface area contributed by atoms with Crippen molar-refractivity contribution in [2.45, 2.75) is 25.9 Å². The zero-order valence-electron chi connectivity index (χ0n) is 10.9. The van der Waals surface area contributed by atoms with Gasteiger partial charge >= 0.3 is 0 Å². The third kappa shape index (κ3) is 2.82. The summed E-state index contributed by atoms with van der Waals surface area (Å²) in [6.45, 7) is 3.50. The monoisotopic (exact) mass is 248 g/mol. The van der Waals surface area contributed by atoms with Gasteiger partial charge in [0.15, 0.2) is 0 Å². The van der Waals surface area contributed by atoms with E-state index >= 15 is 0 Å². The molecule has 4 heteroatoms. The molecule has 4 nitrogen and oxygen atoms in total. The molecular formula is C14H20N2O2. The fourth-order valence-corrected chi connectivity index (χ4v) is 2.38. The molecule has 0 aliphatic carbocycles. The predicted molar refractivity (Wildman–Crippen MR) is 70.4 cm³/mol. The van der Waals surface area contributed by atoms with Crippen molar-refractivity contribution in [1.29, 1.82) is 0 Å². The van der Waals surface area contributed by atoms with Gasteiger partial charge in [-0.15, -0.1) is 0 Å². The highest BCUT2D eigenvalue weighted by Gasteiger charge is 2.29. The number of carbonyl (C=O) groups excluding carboxylic acids is 1. The Morgan fingerprint density at radius 3 is 2.94 bits per heavy atom. The van der Waals surface area contributed by atoms with Crippen LogP contribution < -0.4 is 15.4 Å². The zero-order valence-corrected chi connectivity index (χ0v) is 10.9. The van der Waals surface area contributed by atoms with E-state index in [9.17, 15) is 4.79 Å². The van der Waals surface area contributed by atoms with Crippen LogP contribution in [-0.2, 0) is 11.3 Å². The van der Waals surface area contributed by atoms with Gasteiger partial charge in [-0.3, -0.25) is 4.79 Å². The quantitative estimate of drug-likeness (QED) is 0.844. The van der Waals surface area contributed by atoms with Crippen molar-refractivity contribution in [2.24, 2.45) is 5.92 Å². The lowest BCUT2D eigenvalue weighted by Crippen LogP contribution is -2.36. The molecule has 1 amide bonds. The summed E-state index contributed by atoms with van der Waals surface area (Å²) in [4.78, 5) is 12.0. The number of hydrogen-bond acceptors (Lipinski definition) is 3. The van der Waals surface area contributed by atoms with Crippen LogP contribution in [0, 0.1) is 5.92 Å². The summed E-state index contributed by atoms with van der Waals surface area (Å²) >= 11 is 0. The Morgan fingerprint density at radius 1 is 1.50 bits per heavy atom. The summed E-state index contributed by atoms with van der Waals surface area (Å²) in [5.41, 5.74) is 1.01.